The Morgan fingerprint density at radius 2 is 1.95 bits per heavy atom. The molecular weight excluding hydrogens is 258 g/mol. The molecule has 0 bridgehead atoms. The second-order valence-corrected chi connectivity index (χ2v) is 5.15. The predicted molar refractivity (Wildman–Crippen MR) is 73.0 cm³/mol. The summed E-state index contributed by atoms with van der Waals surface area (Å²) >= 11 is 0. The van der Waals surface area contributed by atoms with Crippen LogP contribution < -0.4 is 5.32 Å². The highest BCUT2D eigenvalue weighted by molar-refractivity contribution is 5.80. The monoisotopic (exact) mass is 277 g/mol. The van der Waals surface area contributed by atoms with E-state index in [4.69, 9.17) is 9.84 Å². The zero-order chi connectivity index (χ0) is 14.4. The molecule has 0 heterocycles. The number of nitrogens with one attached hydrogen (secondary N) is 1. The van der Waals surface area contributed by atoms with Gasteiger partial charge in [0.15, 0.2) is 0 Å². The average Bonchev–Trinajstić information content (AvgIpc) is 3.24. The highest BCUT2D eigenvalue weighted by atomic mass is 16.5. The van der Waals surface area contributed by atoms with Crippen molar-refractivity contribution in [1.82, 2.24) is 5.32 Å². The molecule has 1 saturated carbocycles. The van der Waals surface area contributed by atoms with Gasteiger partial charge in [-0.15, -0.1) is 0 Å². The lowest BCUT2D eigenvalue weighted by molar-refractivity contribution is -0.143. The summed E-state index contributed by atoms with van der Waals surface area (Å²) in [5, 5.41) is 11.6. The lowest BCUT2D eigenvalue weighted by Crippen LogP contribution is -2.34. The third-order valence-electron chi connectivity index (χ3n) is 3.52. The Bertz CT molecular complexity index is 468. The third-order valence-corrected chi connectivity index (χ3v) is 3.52. The minimum absolute atomic E-state index is 0.161. The first-order valence-electron chi connectivity index (χ1n) is 6.74. The molecule has 2 N–H and O–H groups in total. The van der Waals surface area contributed by atoms with Crippen LogP contribution in [-0.4, -0.2) is 30.1 Å². The third kappa shape index (κ3) is 4.06. The molecule has 1 aliphatic rings. The Morgan fingerprint density at radius 1 is 1.25 bits per heavy atom. The topological polar surface area (TPSA) is 75.6 Å². The first-order valence-corrected chi connectivity index (χ1v) is 6.74. The first-order chi connectivity index (χ1) is 9.62. The van der Waals surface area contributed by atoms with Crippen LogP contribution in [0.3, 0.4) is 0 Å². The minimum Gasteiger partial charge on any atom is -0.481 e. The van der Waals surface area contributed by atoms with Gasteiger partial charge in [-0.05, 0) is 18.4 Å². The van der Waals surface area contributed by atoms with Crippen LogP contribution in [0.25, 0.3) is 0 Å². The number of amides is 1. The minimum atomic E-state index is -0.821. The maximum Gasteiger partial charge on any atom is 0.311 e. The second kappa shape index (κ2) is 6.52. The molecule has 1 aliphatic carbocycles. The standard InChI is InChI=1S/C15H19NO4/c17-13(16-11-15(7-8-15)14(18)19)6-9-20-10-12-4-2-1-3-5-12/h1-5H,6-11H2,(H,16,17)(H,18,19). The van der Waals surface area contributed by atoms with Gasteiger partial charge < -0.3 is 15.2 Å². The van der Waals surface area contributed by atoms with Crippen LogP contribution in [0.15, 0.2) is 30.3 Å². The fourth-order valence-corrected chi connectivity index (χ4v) is 1.90. The normalized spacial score (nSPS) is 15.6. The summed E-state index contributed by atoms with van der Waals surface area (Å²) in [6, 6.07) is 9.74. The molecule has 108 valence electrons. The zero-order valence-corrected chi connectivity index (χ0v) is 11.3. The van der Waals surface area contributed by atoms with Crippen molar-refractivity contribution in [2.75, 3.05) is 13.2 Å². The molecule has 0 aromatic heterocycles. The van der Waals surface area contributed by atoms with Crippen LogP contribution in [0.5, 0.6) is 0 Å². The molecule has 0 spiro atoms. The van der Waals surface area contributed by atoms with Crippen molar-refractivity contribution < 1.29 is 19.4 Å². The molecule has 0 radical (unpaired) electrons. The summed E-state index contributed by atoms with van der Waals surface area (Å²) in [5.74, 6) is -0.983. The van der Waals surface area contributed by atoms with Gasteiger partial charge in [0, 0.05) is 13.0 Å². The van der Waals surface area contributed by atoms with E-state index in [1.54, 1.807) is 0 Å². The number of aliphatic carboxylic acids is 1. The van der Waals surface area contributed by atoms with Crippen molar-refractivity contribution >= 4 is 11.9 Å². The van der Waals surface area contributed by atoms with Crippen molar-refractivity contribution in [2.24, 2.45) is 5.41 Å². The van der Waals surface area contributed by atoms with Gasteiger partial charge in [-0.3, -0.25) is 9.59 Å². The smallest absolute Gasteiger partial charge is 0.311 e. The molecule has 0 aliphatic heterocycles. The Morgan fingerprint density at radius 3 is 2.55 bits per heavy atom. The number of carbonyl (C=O) groups excluding carboxylic acids is 1. The van der Waals surface area contributed by atoms with Crippen LogP contribution in [0, 0.1) is 5.41 Å². The van der Waals surface area contributed by atoms with E-state index in [2.05, 4.69) is 5.32 Å². The zero-order valence-electron chi connectivity index (χ0n) is 11.3. The van der Waals surface area contributed by atoms with Gasteiger partial charge in [-0.25, -0.2) is 0 Å². The number of carboxylic acids is 1. The summed E-state index contributed by atoms with van der Waals surface area (Å²) < 4.78 is 5.41. The van der Waals surface area contributed by atoms with E-state index in [9.17, 15) is 9.59 Å². The maximum absolute atomic E-state index is 11.6. The number of carboxylic acid groups (broad SMARTS) is 1. The molecule has 0 atom stereocenters. The number of hydrogen-bond acceptors (Lipinski definition) is 3. The van der Waals surface area contributed by atoms with Gasteiger partial charge in [-0.1, -0.05) is 30.3 Å². The Labute approximate surface area is 117 Å². The van der Waals surface area contributed by atoms with Gasteiger partial charge in [0.2, 0.25) is 5.91 Å². The molecule has 2 rings (SSSR count). The van der Waals surface area contributed by atoms with Gasteiger partial charge in [0.05, 0.1) is 18.6 Å². The van der Waals surface area contributed by atoms with Crippen molar-refractivity contribution in [3.8, 4) is 0 Å². The highest BCUT2D eigenvalue weighted by Gasteiger charge is 2.50. The number of carbonyl (C=O) groups is 2. The van der Waals surface area contributed by atoms with Crippen LogP contribution in [-0.2, 0) is 20.9 Å². The van der Waals surface area contributed by atoms with Crippen LogP contribution in [0.4, 0.5) is 0 Å². The van der Waals surface area contributed by atoms with E-state index in [-0.39, 0.29) is 18.9 Å². The molecule has 1 amide bonds. The lowest BCUT2D eigenvalue weighted by atomic mass is 10.1. The summed E-state index contributed by atoms with van der Waals surface area (Å²) in [5.41, 5.74) is 0.358. The fraction of sp³-hybridized carbons (Fsp3) is 0.467. The van der Waals surface area contributed by atoms with Crippen LogP contribution in [0.2, 0.25) is 0 Å². The lowest BCUT2D eigenvalue weighted by Gasteiger charge is -2.11. The Kier molecular flexibility index (Phi) is 4.74. The summed E-state index contributed by atoms with van der Waals surface area (Å²) in [6.45, 7) is 1.04. The summed E-state index contributed by atoms with van der Waals surface area (Å²) in [4.78, 5) is 22.5. The van der Waals surface area contributed by atoms with Crippen molar-refractivity contribution in [1.29, 1.82) is 0 Å². The average molecular weight is 277 g/mol. The molecular formula is C15H19NO4. The van der Waals surface area contributed by atoms with E-state index < -0.39 is 11.4 Å². The van der Waals surface area contributed by atoms with Gasteiger partial charge in [0.25, 0.3) is 0 Å². The van der Waals surface area contributed by atoms with Crippen LogP contribution in [0.1, 0.15) is 24.8 Å². The number of hydrogen-bond donors (Lipinski definition) is 2. The summed E-state index contributed by atoms with van der Waals surface area (Å²) in [6.07, 6.45) is 1.54. The molecule has 1 fully saturated rings. The van der Waals surface area contributed by atoms with Gasteiger partial charge >= 0.3 is 5.97 Å². The summed E-state index contributed by atoms with van der Waals surface area (Å²) in [7, 11) is 0. The van der Waals surface area contributed by atoms with E-state index in [0.29, 0.717) is 26.1 Å². The molecule has 1 aromatic carbocycles. The molecule has 1 aromatic rings. The quantitative estimate of drug-likeness (QED) is 0.707. The predicted octanol–water partition coefficient (Wildman–Crippen LogP) is 1.57. The van der Waals surface area contributed by atoms with E-state index >= 15 is 0 Å². The van der Waals surface area contributed by atoms with Gasteiger partial charge in [-0.2, -0.15) is 0 Å². The molecule has 20 heavy (non-hydrogen) atoms. The van der Waals surface area contributed by atoms with Crippen molar-refractivity contribution in [3.63, 3.8) is 0 Å². The van der Waals surface area contributed by atoms with Crippen LogP contribution >= 0.6 is 0 Å². The van der Waals surface area contributed by atoms with E-state index in [0.717, 1.165) is 5.56 Å². The van der Waals surface area contributed by atoms with E-state index in [1.165, 1.54) is 0 Å². The number of benzene rings is 1. The molecule has 5 nitrogen and oxygen atoms in total. The molecule has 5 heteroatoms. The first kappa shape index (κ1) is 14.5. The van der Waals surface area contributed by atoms with Gasteiger partial charge in [0.1, 0.15) is 0 Å². The maximum atomic E-state index is 11.6. The Hall–Kier alpha value is -1.88. The second-order valence-electron chi connectivity index (χ2n) is 5.15. The fourth-order valence-electron chi connectivity index (χ4n) is 1.90. The van der Waals surface area contributed by atoms with Crippen molar-refractivity contribution in [3.05, 3.63) is 35.9 Å². The molecule has 0 unspecified atom stereocenters. The largest absolute Gasteiger partial charge is 0.481 e. The van der Waals surface area contributed by atoms with Crippen molar-refractivity contribution in [2.45, 2.75) is 25.9 Å². The van der Waals surface area contributed by atoms with E-state index in [1.807, 2.05) is 30.3 Å². The number of rotatable bonds is 8. The highest BCUT2D eigenvalue weighted by Crippen LogP contribution is 2.45. The molecule has 0 saturated heterocycles. The Balaban J connectivity index is 1.58. The number of ether oxygens (including phenoxy) is 1. The SMILES string of the molecule is O=C(CCOCc1ccccc1)NCC1(C(=O)O)CC1.